The summed E-state index contributed by atoms with van der Waals surface area (Å²) in [6.07, 6.45) is 0. The molecule has 0 aromatic carbocycles. The van der Waals surface area contributed by atoms with E-state index in [1.54, 1.807) is 0 Å². The van der Waals surface area contributed by atoms with E-state index in [4.69, 9.17) is 4.74 Å². The normalized spacial score (nSPS) is 20.8. The van der Waals surface area contributed by atoms with Crippen molar-refractivity contribution in [2.45, 2.75) is 0 Å². The van der Waals surface area contributed by atoms with E-state index in [0.29, 0.717) is 0 Å². The second kappa shape index (κ2) is 3.45. The number of ether oxygens (including phenoxy) is 1. The van der Waals surface area contributed by atoms with Gasteiger partial charge in [-0.25, -0.2) is 0 Å². The first-order valence-corrected chi connectivity index (χ1v) is 4.05. The van der Waals surface area contributed by atoms with Crippen molar-refractivity contribution in [1.29, 1.82) is 0 Å². The van der Waals surface area contributed by atoms with E-state index in [-0.39, 0.29) is 0 Å². The quantitative estimate of drug-likeness (QED) is 0.546. The number of nitrogens with zero attached hydrogens (tertiary/aromatic N) is 1. The van der Waals surface area contributed by atoms with Crippen LogP contribution in [0.5, 0.6) is 0 Å². The second-order valence-corrected chi connectivity index (χ2v) is 2.36. The van der Waals surface area contributed by atoms with Gasteiger partial charge in [0, 0.05) is 0 Å². The first-order chi connectivity index (χ1) is 3.93. The zero-order valence-electron chi connectivity index (χ0n) is 4.67. The Morgan fingerprint density at radius 2 is 2.00 bits per heavy atom. The van der Waals surface area contributed by atoms with E-state index in [0.717, 1.165) is 26.3 Å². The van der Waals surface area contributed by atoms with Crippen molar-refractivity contribution in [3.8, 4) is 0 Å². The van der Waals surface area contributed by atoms with Gasteiger partial charge in [-0.05, 0) is 0 Å². The van der Waals surface area contributed by atoms with E-state index in [9.17, 15) is 0 Å². The predicted molar refractivity (Wildman–Crippen MR) is 34.2 cm³/mol. The number of hydrogen-bond acceptors (Lipinski definition) is 2. The average Bonchev–Trinajstić information content (AvgIpc) is 1.90. The predicted octanol–water partition coefficient (Wildman–Crippen LogP) is -0.753. The van der Waals surface area contributed by atoms with Crippen LogP contribution >= 0.6 is 0 Å². The van der Waals surface area contributed by atoms with Gasteiger partial charge in [-0.2, -0.15) is 0 Å². The Morgan fingerprint density at radius 1 is 1.38 bits per heavy atom. The molecule has 0 aromatic heterocycles. The van der Waals surface area contributed by atoms with Gasteiger partial charge in [-0.15, -0.1) is 0 Å². The third-order valence-corrected chi connectivity index (χ3v) is 2.05. The molecule has 0 spiro atoms. The molecule has 1 aliphatic heterocycles. The summed E-state index contributed by atoms with van der Waals surface area (Å²) in [4.78, 5) is 2.27. The Morgan fingerprint density at radius 3 is 2.38 bits per heavy atom. The van der Waals surface area contributed by atoms with E-state index in [2.05, 4.69) is 9.08 Å². The summed E-state index contributed by atoms with van der Waals surface area (Å²) in [5.41, 5.74) is 0. The zero-order valence-corrected chi connectivity index (χ0v) is 7.00. The van der Waals surface area contributed by atoms with Crippen molar-refractivity contribution in [1.82, 2.24) is 4.90 Å². The van der Waals surface area contributed by atoms with Gasteiger partial charge in [0.15, 0.2) is 0 Å². The van der Waals surface area contributed by atoms with Crippen LogP contribution in [0.1, 0.15) is 0 Å². The molecular formula is C5H9NOTe. The first-order valence-electron chi connectivity index (χ1n) is 2.70. The average molecular weight is 227 g/mol. The van der Waals surface area contributed by atoms with Crippen molar-refractivity contribution in [2.24, 2.45) is 0 Å². The van der Waals surface area contributed by atoms with E-state index >= 15 is 0 Å². The van der Waals surface area contributed by atoms with E-state index in [1.807, 2.05) is 21.8 Å². The van der Waals surface area contributed by atoms with Crippen LogP contribution in [0.2, 0.25) is 0 Å². The molecule has 1 heterocycles. The second-order valence-electron chi connectivity index (χ2n) is 1.75. The van der Waals surface area contributed by atoms with Crippen molar-refractivity contribution < 1.29 is 4.74 Å². The topological polar surface area (TPSA) is 12.5 Å². The maximum absolute atomic E-state index is 5.14. The number of hydrogen-bond donors (Lipinski definition) is 0. The van der Waals surface area contributed by atoms with Gasteiger partial charge in [-0.1, -0.05) is 0 Å². The first kappa shape index (κ1) is 6.54. The molecule has 2 nitrogen and oxygen atoms in total. The van der Waals surface area contributed by atoms with Crippen molar-refractivity contribution >= 4 is 26.0 Å². The monoisotopic (exact) mass is 229 g/mol. The molecule has 46 valence electrons. The Balaban J connectivity index is 2.22. The maximum atomic E-state index is 5.14. The summed E-state index contributed by atoms with van der Waals surface area (Å²) in [5, 5.41) is 0. The molecule has 1 aliphatic rings. The minimum absolute atomic E-state index is 0.895. The zero-order chi connectivity index (χ0) is 5.82. The summed E-state index contributed by atoms with van der Waals surface area (Å²) in [6, 6.07) is 0. The van der Waals surface area contributed by atoms with Gasteiger partial charge < -0.3 is 0 Å². The third-order valence-electron chi connectivity index (χ3n) is 1.19. The van der Waals surface area contributed by atoms with Crippen LogP contribution in [-0.2, 0) is 4.74 Å². The van der Waals surface area contributed by atoms with Gasteiger partial charge in [0.25, 0.3) is 0 Å². The van der Waals surface area contributed by atoms with Crippen LogP contribution in [0.15, 0.2) is 0 Å². The van der Waals surface area contributed by atoms with Gasteiger partial charge in [0.05, 0.1) is 0 Å². The summed E-state index contributed by atoms with van der Waals surface area (Å²) in [6.45, 7) is 3.93. The van der Waals surface area contributed by atoms with Crippen molar-refractivity contribution in [2.75, 3.05) is 26.3 Å². The fraction of sp³-hybridized carbons (Fsp3) is 0.800. The molecule has 0 amide bonds. The molecule has 3 heteroatoms. The fourth-order valence-corrected chi connectivity index (χ4v) is 1.28. The van der Waals surface area contributed by atoms with Crippen LogP contribution in [-0.4, -0.2) is 57.2 Å². The van der Waals surface area contributed by atoms with Crippen molar-refractivity contribution in [3.05, 3.63) is 0 Å². The summed E-state index contributed by atoms with van der Waals surface area (Å²) >= 11 is 2.00. The molecule has 8 heavy (non-hydrogen) atoms. The number of rotatable bonds is 1. The molecule has 0 saturated carbocycles. The van der Waals surface area contributed by atoms with Crippen LogP contribution in [0.3, 0.4) is 0 Å². The molecule has 0 atom stereocenters. The van der Waals surface area contributed by atoms with Crippen LogP contribution in [0.4, 0.5) is 0 Å². The minimum atomic E-state index is 0.895. The van der Waals surface area contributed by atoms with Crippen molar-refractivity contribution in [3.63, 3.8) is 0 Å². The molecule has 0 aromatic rings. The molecular weight excluding hydrogens is 218 g/mol. The fourth-order valence-electron chi connectivity index (χ4n) is 0.683. The summed E-state index contributed by atoms with van der Waals surface area (Å²) in [5.74, 6) is 0. The van der Waals surface area contributed by atoms with Crippen LogP contribution in [0.25, 0.3) is 0 Å². The van der Waals surface area contributed by atoms with Gasteiger partial charge in [-0.3, -0.25) is 0 Å². The Hall–Kier alpha value is 0.420. The molecule has 0 N–H and O–H groups in total. The van der Waals surface area contributed by atoms with E-state index in [1.165, 1.54) is 0 Å². The molecule has 0 unspecified atom stereocenters. The van der Waals surface area contributed by atoms with Crippen LogP contribution < -0.4 is 0 Å². The molecule has 1 fully saturated rings. The SMILES string of the molecule is [Te]=CN1CCOCC1. The van der Waals surface area contributed by atoms with Gasteiger partial charge in [0.2, 0.25) is 0 Å². The molecule has 1 rings (SSSR count). The summed E-state index contributed by atoms with van der Waals surface area (Å²) < 4.78 is 7.26. The van der Waals surface area contributed by atoms with Gasteiger partial charge in [0.1, 0.15) is 0 Å². The molecule has 0 radical (unpaired) electrons. The molecule has 1 saturated heterocycles. The Kier molecular flexibility index (Phi) is 2.82. The standard InChI is InChI=1S/C5H9NOTe/c8-5-6-1-3-7-4-2-6/h5H,1-4H2. The summed E-state index contributed by atoms with van der Waals surface area (Å²) in [7, 11) is 0. The number of morpholine rings is 1. The Labute approximate surface area is 62.2 Å². The third kappa shape index (κ3) is 1.74. The molecule has 0 bridgehead atoms. The van der Waals surface area contributed by atoms with Crippen LogP contribution in [0, 0.1) is 0 Å². The molecule has 0 aliphatic carbocycles. The van der Waals surface area contributed by atoms with Gasteiger partial charge >= 0.3 is 61.9 Å². The Bertz CT molecular complexity index is 80.5. The van der Waals surface area contributed by atoms with E-state index < -0.39 is 0 Å².